The van der Waals surface area contributed by atoms with Crippen molar-refractivity contribution in [3.63, 3.8) is 0 Å². The lowest BCUT2D eigenvalue weighted by Crippen LogP contribution is -2.36. The Hall–Kier alpha value is -2.04. The van der Waals surface area contributed by atoms with Gasteiger partial charge in [0, 0.05) is 29.2 Å². The fourth-order valence-corrected chi connectivity index (χ4v) is 3.05. The van der Waals surface area contributed by atoms with Crippen LogP contribution < -0.4 is 4.90 Å². The number of benzene rings is 2. The van der Waals surface area contributed by atoms with Crippen molar-refractivity contribution in [3.8, 4) is 0 Å². The molecule has 4 heteroatoms. The molecule has 0 spiro atoms. The average Bonchev–Trinajstić information content (AvgIpc) is 2.67. The number of thioether (sulfide) groups is 1. The van der Waals surface area contributed by atoms with Crippen LogP contribution in [0.5, 0.6) is 0 Å². The largest absolute Gasteiger partial charge is 0.378 e. The van der Waals surface area contributed by atoms with E-state index < -0.39 is 0 Å². The van der Waals surface area contributed by atoms with Crippen molar-refractivity contribution in [1.29, 1.82) is 0 Å². The molecule has 0 aliphatic carbocycles. The Kier molecular flexibility index (Phi) is 5.72. The number of carbonyl (C=O) groups excluding carboxylic acids is 1. The molecule has 0 unspecified atom stereocenters. The Balaban J connectivity index is 1.64. The molecular weight excluding hydrogens is 318 g/mol. The van der Waals surface area contributed by atoms with Crippen LogP contribution in [0.3, 0.4) is 0 Å². The van der Waals surface area contributed by atoms with E-state index in [4.69, 9.17) is 4.74 Å². The normalized spacial score (nSPS) is 15.0. The molecule has 0 amide bonds. The lowest BCUT2D eigenvalue weighted by Gasteiger charge is -2.28. The summed E-state index contributed by atoms with van der Waals surface area (Å²) in [5.74, 6) is 0.0254. The lowest BCUT2D eigenvalue weighted by atomic mass is 10.1. The number of hydrogen-bond acceptors (Lipinski definition) is 4. The van der Waals surface area contributed by atoms with Crippen molar-refractivity contribution in [2.45, 2.75) is 4.90 Å². The number of carbonyl (C=O) groups is 1. The molecule has 1 aliphatic rings. The molecule has 1 aliphatic heterocycles. The second-order valence-electron chi connectivity index (χ2n) is 5.62. The third-order valence-corrected chi connectivity index (χ3v) is 4.81. The maximum absolute atomic E-state index is 12.3. The monoisotopic (exact) mass is 339 g/mol. The molecule has 0 N–H and O–H groups in total. The van der Waals surface area contributed by atoms with E-state index >= 15 is 0 Å². The fourth-order valence-electron chi connectivity index (χ4n) is 2.64. The van der Waals surface area contributed by atoms with E-state index in [9.17, 15) is 4.79 Å². The molecule has 0 atom stereocenters. The highest BCUT2D eigenvalue weighted by atomic mass is 32.2. The van der Waals surface area contributed by atoms with Crippen LogP contribution in [-0.4, -0.2) is 38.3 Å². The molecule has 0 aromatic heterocycles. The maximum atomic E-state index is 12.3. The van der Waals surface area contributed by atoms with E-state index in [1.54, 1.807) is 17.8 Å². The van der Waals surface area contributed by atoms with E-state index in [0.717, 1.165) is 37.6 Å². The van der Waals surface area contributed by atoms with Crippen LogP contribution in [-0.2, 0) is 4.74 Å². The minimum Gasteiger partial charge on any atom is -0.378 e. The summed E-state index contributed by atoms with van der Waals surface area (Å²) >= 11 is 1.71. The van der Waals surface area contributed by atoms with Crippen LogP contribution in [0.2, 0.25) is 0 Å². The van der Waals surface area contributed by atoms with Crippen molar-refractivity contribution in [2.75, 3.05) is 37.5 Å². The molecular formula is C20H21NO2S. The zero-order valence-electron chi connectivity index (χ0n) is 13.8. The highest BCUT2D eigenvalue weighted by Gasteiger charge is 2.11. The summed E-state index contributed by atoms with van der Waals surface area (Å²) in [5, 5.41) is 0. The SMILES string of the molecule is CSc1ccc(C=CC(=O)c2ccc(N3CCOCC3)cc2)cc1. The van der Waals surface area contributed by atoms with Gasteiger partial charge in [-0.2, -0.15) is 0 Å². The van der Waals surface area contributed by atoms with Crippen molar-refractivity contribution in [2.24, 2.45) is 0 Å². The number of ketones is 1. The number of nitrogens with zero attached hydrogens (tertiary/aromatic N) is 1. The Bertz CT molecular complexity index is 701. The van der Waals surface area contributed by atoms with E-state index in [1.807, 2.05) is 42.5 Å². The predicted molar refractivity (Wildman–Crippen MR) is 101 cm³/mol. The van der Waals surface area contributed by atoms with Crippen LogP contribution in [0.1, 0.15) is 15.9 Å². The predicted octanol–water partition coefficient (Wildman–Crippen LogP) is 4.14. The zero-order chi connectivity index (χ0) is 16.8. The minimum absolute atomic E-state index is 0.0254. The standard InChI is InChI=1S/C20H21NO2S/c1-24-19-9-2-16(3-10-19)4-11-20(22)17-5-7-18(8-6-17)21-12-14-23-15-13-21/h2-11H,12-15H2,1H3. The van der Waals surface area contributed by atoms with Gasteiger partial charge in [-0.25, -0.2) is 0 Å². The van der Waals surface area contributed by atoms with Crippen molar-refractivity contribution < 1.29 is 9.53 Å². The Morgan fingerprint density at radius 2 is 1.71 bits per heavy atom. The topological polar surface area (TPSA) is 29.5 Å². The van der Waals surface area contributed by atoms with Crippen LogP contribution >= 0.6 is 11.8 Å². The molecule has 1 saturated heterocycles. The van der Waals surface area contributed by atoms with Gasteiger partial charge in [0.05, 0.1) is 13.2 Å². The summed E-state index contributed by atoms with van der Waals surface area (Å²) in [6.07, 6.45) is 5.55. The first-order valence-electron chi connectivity index (χ1n) is 8.05. The zero-order valence-corrected chi connectivity index (χ0v) is 14.6. The number of hydrogen-bond donors (Lipinski definition) is 0. The summed E-state index contributed by atoms with van der Waals surface area (Å²) in [6, 6.07) is 16.0. The first-order chi connectivity index (χ1) is 11.8. The number of morpholine rings is 1. The second kappa shape index (κ2) is 8.18. The highest BCUT2D eigenvalue weighted by molar-refractivity contribution is 7.98. The van der Waals surface area contributed by atoms with Gasteiger partial charge >= 0.3 is 0 Å². The molecule has 0 radical (unpaired) electrons. The van der Waals surface area contributed by atoms with Crippen molar-refractivity contribution >= 4 is 29.3 Å². The summed E-state index contributed by atoms with van der Waals surface area (Å²) in [6.45, 7) is 3.33. The summed E-state index contributed by atoms with van der Waals surface area (Å²) < 4.78 is 5.37. The molecule has 1 fully saturated rings. The molecule has 1 heterocycles. The molecule has 24 heavy (non-hydrogen) atoms. The second-order valence-corrected chi connectivity index (χ2v) is 6.50. The van der Waals surface area contributed by atoms with Gasteiger partial charge in [0.25, 0.3) is 0 Å². The highest BCUT2D eigenvalue weighted by Crippen LogP contribution is 2.18. The summed E-state index contributed by atoms with van der Waals surface area (Å²) in [5.41, 5.74) is 2.89. The fraction of sp³-hybridized carbons (Fsp3) is 0.250. The number of allylic oxidation sites excluding steroid dienone is 1. The van der Waals surface area contributed by atoms with Gasteiger partial charge in [-0.15, -0.1) is 11.8 Å². The van der Waals surface area contributed by atoms with Gasteiger partial charge in [0.2, 0.25) is 0 Å². The minimum atomic E-state index is 0.0254. The van der Waals surface area contributed by atoms with Gasteiger partial charge in [-0.3, -0.25) is 4.79 Å². The number of rotatable bonds is 5. The van der Waals surface area contributed by atoms with Gasteiger partial charge in [0.15, 0.2) is 5.78 Å². The number of ether oxygens (including phenoxy) is 1. The Labute approximate surface area is 147 Å². The molecule has 3 rings (SSSR count). The van der Waals surface area contributed by atoms with E-state index in [1.165, 1.54) is 4.90 Å². The lowest BCUT2D eigenvalue weighted by molar-refractivity contribution is 0.104. The Morgan fingerprint density at radius 3 is 2.33 bits per heavy atom. The first-order valence-corrected chi connectivity index (χ1v) is 9.28. The van der Waals surface area contributed by atoms with Crippen LogP contribution in [0, 0.1) is 0 Å². The van der Waals surface area contributed by atoms with E-state index in [-0.39, 0.29) is 5.78 Å². The van der Waals surface area contributed by atoms with Gasteiger partial charge < -0.3 is 9.64 Å². The average molecular weight is 339 g/mol. The van der Waals surface area contributed by atoms with Gasteiger partial charge in [-0.1, -0.05) is 18.2 Å². The van der Waals surface area contributed by atoms with E-state index in [0.29, 0.717) is 5.56 Å². The van der Waals surface area contributed by atoms with Crippen LogP contribution in [0.25, 0.3) is 6.08 Å². The molecule has 2 aromatic carbocycles. The maximum Gasteiger partial charge on any atom is 0.185 e. The van der Waals surface area contributed by atoms with E-state index in [2.05, 4.69) is 23.3 Å². The third kappa shape index (κ3) is 4.28. The third-order valence-electron chi connectivity index (χ3n) is 4.07. The Morgan fingerprint density at radius 1 is 1.04 bits per heavy atom. The quantitative estimate of drug-likeness (QED) is 0.465. The van der Waals surface area contributed by atoms with Crippen LogP contribution in [0.15, 0.2) is 59.5 Å². The molecule has 0 saturated carbocycles. The summed E-state index contributed by atoms with van der Waals surface area (Å²) in [7, 11) is 0. The smallest absolute Gasteiger partial charge is 0.185 e. The summed E-state index contributed by atoms with van der Waals surface area (Å²) in [4.78, 5) is 15.8. The molecule has 3 nitrogen and oxygen atoms in total. The molecule has 124 valence electrons. The van der Waals surface area contributed by atoms with Crippen LogP contribution in [0.4, 0.5) is 5.69 Å². The van der Waals surface area contributed by atoms with Gasteiger partial charge in [-0.05, 0) is 54.3 Å². The van der Waals surface area contributed by atoms with Crippen molar-refractivity contribution in [1.82, 2.24) is 0 Å². The number of anilines is 1. The van der Waals surface area contributed by atoms with Gasteiger partial charge in [0.1, 0.15) is 0 Å². The van der Waals surface area contributed by atoms with Crippen molar-refractivity contribution in [3.05, 3.63) is 65.7 Å². The molecule has 2 aromatic rings. The molecule has 0 bridgehead atoms. The first kappa shape index (κ1) is 16.8.